The van der Waals surface area contributed by atoms with E-state index in [1.165, 1.54) is 12.1 Å². The second-order valence-electron chi connectivity index (χ2n) is 3.15. The summed E-state index contributed by atoms with van der Waals surface area (Å²) in [5.41, 5.74) is 0.757. The highest BCUT2D eigenvalue weighted by molar-refractivity contribution is 5.78. The van der Waals surface area contributed by atoms with Crippen molar-refractivity contribution in [2.24, 2.45) is 0 Å². The minimum Gasteiger partial charge on any atom is -0.435 e. The molecule has 1 aromatic carbocycles. The molecule has 88 valence electrons. The molecule has 0 aliphatic heterocycles. The lowest BCUT2D eigenvalue weighted by Gasteiger charge is -2.05. The van der Waals surface area contributed by atoms with Crippen molar-refractivity contribution in [1.82, 2.24) is 5.32 Å². The molecule has 1 aromatic rings. The number of likely N-dealkylation sites (N-methyl/N-ethyl adjacent to an activating group) is 1. The molecule has 1 rings (SSSR count). The van der Waals surface area contributed by atoms with Crippen LogP contribution in [0.25, 0.3) is 0 Å². The number of halogens is 2. The van der Waals surface area contributed by atoms with Crippen molar-refractivity contribution in [2.75, 3.05) is 6.54 Å². The lowest BCUT2D eigenvalue weighted by Crippen LogP contribution is -2.24. The molecule has 0 spiro atoms. The van der Waals surface area contributed by atoms with Gasteiger partial charge in [0.25, 0.3) is 0 Å². The van der Waals surface area contributed by atoms with Gasteiger partial charge in [-0.05, 0) is 24.6 Å². The summed E-state index contributed by atoms with van der Waals surface area (Å²) in [6, 6.07) is 6.02. The first-order valence-corrected chi connectivity index (χ1v) is 4.92. The van der Waals surface area contributed by atoms with Gasteiger partial charge in [-0.2, -0.15) is 8.78 Å². The van der Waals surface area contributed by atoms with E-state index in [0.717, 1.165) is 5.56 Å². The quantitative estimate of drug-likeness (QED) is 0.838. The average Bonchev–Trinajstić information content (AvgIpc) is 2.20. The van der Waals surface area contributed by atoms with Crippen LogP contribution in [0.1, 0.15) is 12.5 Å². The maximum atomic E-state index is 11.8. The van der Waals surface area contributed by atoms with Crippen LogP contribution < -0.4 is 10.1 Å². The highest BCUT2D eigenvalue weighted by atomic mass is 19.3. The zero-order valence-electron chi connectivity index (χ0n) is 8.87. The van der Waals surface area contributed by atoms with E-state index in [2.05, 4.69) is 10.1 Å². The van der Waals surface area contributed by atoms with Gasteiger partial charge >= 0.3 is 6.61 Å². The molecular formula is C11H13F2NO2. The van der Waals surface area contributed by atoms with Crippen LogP contribution in [0.4, 0.5) is 8.78 Å². The Balaban J connectivity index is 2.54. The van der Waals surface area contributed by atoms with Crippen molar-refractivity contribution in [2.45, 2.75) is 20.0 Å². The Morgan fingerprint density at radius 2 is 2.00 bits per heavy atom. The third-order valence-corrected chi connectivity index (χ3v) is 1.89. The first kappa shape index (κ1) is 12.4. The molecule has 3 nitrogen and oxygen atoms in total. The average molecular weight is 229 g/mol. The van der Waals surface area contributed by atoms with Crippen LogP contribution in [0.15, 0.2) is 24.3 Å². The van der Waals surface area contributed by atoms with Gasteiger partial charge in [-0.25, -0.2) is 0 Å². The Bertz CT molecular complexity index is 338. The number of benzene rings is 1. The molecule has 0 aliphatic carbocycles. The van der Waals surface area contributed by atoms with Crippen LogP contribution in [-0.2, 0) is 11.2 Å². The molecule has 0 atom stereocenters. The highest BCUT2D eigenvalue weighted by Crippen LogP contribution is 2.15. The number of hydrogen-bond donors (Lipinski definition) is 1. The number of rotatable bonds is 5. The van der Waals surface area contributed by atoms with Crippen LogP contribution in [-0.4, -0.2) is 19.1 Å². The Morgan fingerprint density at radius 3 is 2.50 bits per heavy atom. The molecule has 0 aromatic heterocycles. The maximum Gasteiger partial charge on any atom is 0.387 e. The summed E-state index contributed by atoms with van der Waals surface area (Å²) in [6.07, 6.45) is 0.239. The summed E-state index contributed by atoms with van der Waals surface area (Å²) in [7, 11) is 0. The molecule has 0 saturated carbocycles. The summed E-state index contributed by atoms with van der Waals surface area (Å²) in [4.78, 5) is 11.2. The summed E-state index contributed by atoms with van der Waals surface area (Å²) in [5, 5.41) is 2.65. The van der Waals surface area contributed by atoms with Crippen LogP contribution in [0.3, 0.4) is 0 Å². The summed E-state index contributed by atoms with van der Waals surface area (Å²) < 4.78 is 27.9. The van der Waals surface area contributed by atoms with Gasteiger partial charge in [0.1, 0.15) is 5.75 Å². The van der Waals surface area contributed by atoms with E-state index in [-0.39, 0.29) is 18.1 Å². The number of alkyl halides is 2. The van der Waals surface area contributed by atoms with Crippen LogP contribution in [0.5, 0.6) is 5.75 Å². The first-order chi connectivity index (χ1) is 7.61. The predicted molar refractivity (Wildman–Crippen MR) is 55.5 cm³/mol. The van der Waals surface area contributed by atoms with Crippen LogP contribution in [0, 0.1) is 0 Å². The number of carbonyl (C=O) groups excluding carboxylic acids is 1. The monoisotopic (exact) mass is 229 g/mol. The van der Waals surface area contributed by atoms with Crippen molar-refractivity contribution < 1.29 is 18.3 Å². The van der Waals surface area contributed by atoms with E-state index in [9.17, 15) is 13.6 Å². The second kappa shape index (κ2) is 6.05. The van der Waals surface area contributed by atoms with Gasteiger partial charge in [-0.3, -0.25) is 4.79 Å². The lowest BCUT2D eigenvalue weighted by atomic mass is 10.1. The molecule has 0 fully saturated rings. The largest absolute Gasteiger partial charge is 0.435 e. The van der Waals surface area contributed by atoms with Crippen LogP contribution >= 0.6 is 0 Å². The Kier molecular flexibility index (Phi) is 4.69. The minimum atomic E-state index is -2.82. The zero-order valence-corrected chi connectivity index (χ0v) is 8.87. The molecule has 0 saturated heterocycles. The fourth-order valence-electron chi connectivity index (χ4n) is 1.23. The van der Waals surface area contributed by atoms with Gasteiger partial charge in [-0.1, -0.05) is 12.1 Å². The summed E-state index contributed by atoms with van der Waals surface area (Å²) >= 11 is 0. The normalized spacial score (nSPS) is 10.2. The molecule has 0 aliphatic rings. The molecule has 16 heavy (non-hydrogen) atoms. The van der Waals surface area contributed by atoms with Gasteiger partial charge < -0.3 is 10.1 Å². The van der Waals surface area contributed by atoms with E-state index in [0.29, 0.717) is 6.54 Å². The number of ether oxygens (including phenoxy) is 1. The topological polar surface area (TPSA) is 38.3 Å². The molecule has 0 bridgehead atoms. The molecule has 0 unspecified atom stereocenters. The molecule has 0 heterocycles. The van der Waals surface area contributed by atoms with Gasteiger partial charge in [0.05, 0.1) is 6.42 Å². The van der Waals surface area contributed by atoms with Crippen LogP contribution in [0.2, 0.25) is 0 Å². The third-order valence-electron chi connectivity index (χ3n) is 1.89. The Hall–Kier alpha value is -1.65. The lowest BCUT2D eigenvalue weighted by molar-refractivity contribution is -0.120. The van der Waals surface area contributed by atoms with E-state index >= 15 is 0 Å². The van der Waals surface area contributed by atoms with Crippen molar-refractivity contribution in [3.63, 3.8) is 0 Å². The van der Waals surface area contributed by atoms with Gasteiger partial charge in [-0.15, -0.1) is 0 Å². The first-order valence-electron chi connectivity index (χ1n) is 4.92. The predicted octanol–water partition coefficient (Wildman–Crippen LogP) is 1.97. The van der Waals surface area contributed by atoms with E-state index in [1.54, 1.807) is 12.1 Å². The second-order valence-corrected chi connectivity index (χ2v) is 3.15. The highest BCUT2D eigenvalue weighted by Gasteiger charge is 2.05. The molecular weight excluding hydrogens is 216 g/mol. The van der Waals surface area contributed by atoms with Crippen molar-refractivity contribution >= 4 is 5.91 Å². The standard InChI is InChI=1S/C11H13F2NO2/c1-2-14-10(15)7-8-3-5-9(6-4-8)16-11(12)13/h3-6,11H,2,7H2,1H3,(H,14,15). The van der Waals surface area contributed by atoms with E-state index in [1.807, 2.05) is 6.92 Å². The fraction of sp³-hybridized carbons (Fsp3) is 0.364. The maximum absolute atomic E-state index is 11.8. The van der Waals surface area contributed by atoms with Crippen molar-refractivity contribution in [1.29, 1.82) is 0 Å². The van der Waals surface area contributed by atoms with Gasteiger partial charge in [0.15, 0.2) is 0 Å². The molecule has 1 amide bonds. The van der Waals surface area contributed by atoms with Crippen molar-refractivity contribution in [3.8, 4) is 5.75 Å². The smallest absolute Gasteiger partial charge is 0.387 e. The number of amides is 1. The molecule has 0 radical (unpaired) electrons. The van der Waals surface area contributed by atoms with E-state index < -0.39 is 6.61 Å². The van der Waals surface area contributed by atoms with Crippen molar-refractivity contribution in [3.05, 3.63) is 29.8 Å². The number of carbonyl (C=O) groups is 1. The summed E-state index contributed by atoms with van der Waals surface area (Å²) in [5.74, 6) is -0.000298. The fourth-order valence-corrected chi connectivity index (χ4v) is 1.23. The zero-order chi connectivity index (χ0) is 12.0. The number of hydrogen-bond acceptors (Lipinski definition) is 2. The Labute approximate surface area is 92.4 Å². The van der Waals surface area contributed by atoms with E-state index in [4.69, 9.17) is 0 Å². The number of nitrogens with one attached hydrogen (secondary N) is 1. The summed E-state index contributed by atoms with van der Waals surface area (Å²) in [6.45, 7) is -0.419. The van der Waals surface area contributed by atoms with Gasteiger partial charge in [0, 0.05) is 6.54 Å². The molecule has 5 heteroatoms. The SMILES string of the molecule is CCNC(=O)Cc1ccc(OC(F)F)cc1. The molecule has 1 N–H and O–H groups in total. The Morgan fingerprint density at radius 1 is 1.38 bits per heavy atom. The minimum absolute atomic E-state index is 0.0923. The third kappa shape index (κ3) is 4.25. The van der Waals surface area contributed by atoms with Gasteiger partial charge in [0.2, 0.25) is 5.91 Å².